The maximum Gasteiger partial charge on any atom is 0.195 e. The third-order valence-corrected chi connectivity index (χ3v) is 4.55. The average molecular weight is 514 g/mol. The van der Waals surface area contributed by atoms with Crippen LogP contribution in [-0.4, -0.2) is 57.3 Å². The smallest absolute Gasteiger partial charge is 0.195 e. The number of rotatable bonds is 8. The summed E-state index contributed by atoms with van der Waals surface area (Å²) in [6, 6.07) is 9.76. The highest BCUT2D eigenvalue weighted by atomic mass is 127. The zero-order valence-corrected chi connectivity index (χ0v) is 19.5. The number of nitrogens with zero attached hydrogens (tertiary/aromatic N) is 2. The zero-order chi connectivity index (χ0) is 19.6. The molecule has 2 heterocycles. The van der Waals surface area contributed by atoms with Crippen molar-refractivity contribution in [1.29, 1.82) is 0 Å². The van der Waals surface area contributed by atoms with Gasteiger partial charge in [-0.25, -0.2) is 0 Å². The molecule has 0 radical (unpaired) electrons. The molecule has 0 fully saturated rings. The minimum atomic E-state index is 0. The van der Waals surface area contributed by atoms with Gasteiger partial charge in [-0.2, -0.15) is 0 Å². The second kappa shape index (κ2) is 12.6. The molecular weight excluding hydrogens is 483 g/mol. The maximum absolute atomic E-state index is 5.78. The Morgan fingerprint density at radius 3 is 2.76 bits per heavy atom. The lowest BCUT2D eigenvalue weighted by Gasteiger charge is -2.16. The van der Waals surface area contributed by atoms with Crippen LogP contribution in [0, 0.1) is 0 Å². The summed E-state index contributed by atoms with van der Waals surface area (Å²) in [6.45, 7) is 6.85. The van der Waals surface area contributed by atoms with Crippen molar-refractivity contribution in [2.24, 2.45) is 4.99 Å². The van der Waals surface area contributed by atoms with E-state index in [-0.39, 0.29) is 24.0 Å². The molecule has 0 bridgehead atoms. The van der Waals surface area contributed by atoms with Gasteiger partial charge in [0.25, 0.3) is 0 Å². The van der Waals surface area contributed by atoms with Gasteiger partial charge in [0.2, 0.25) is 0 Å². The summed E-state index contributed by atoms with van der Waals surface area (Å²) in [6.07, 6.45) is 3.38. The quantitative estimate of drug-likeness (QED) is 0.319. The zero-order valence-electron chi connectivity index (χ0n) is 17.1. The van der Waals surface area contributed by atoms with Crippen LogP contribution in [0.5, 0.6) is 11.5 Å². The van der Waals surface area contributed by atoms with Crippen molar-refractivity contribution in [2.75, 3.05) is 51.8 Å². The number of hydrogen-bond acceptors (Lipinski definition) is 5. The molecule has 8 heteroatoms. The first kappa shape index (κ1) is 23.3. The summed E-state index contributed by atoms with van der Waals surface area (Å²) in [5.74, 6) is 3.25. The second-order valence-electron chi connectivity index (χ2n) is 6.72. The highest BCUT2D eigenvalue weighted by Gasteiger charge is 2.11. The molecule has 1 aromatic heterocycles. The van der Waals surface area contributed by atoms with Gasteiger partial charge in [-0.05, 0) is 37.9 Å². The Kier molecular flexibility index (Phi) is 10.1. The van der Waals surface area contributed by atoms with Crippen LogP contribution in [0.15, 0.2) is 46.0 Å². The van der Waals surface area contributed by atoms with Crippen molar-refractivity contribution in [3.8, 4) is 11.5 Å². The summed E-state index contributed by atoms with van der Waals surface area (Å²) in [4.78, 5) is 6.94. The Labute approximate surface area is 189 Å². The first-order chi connectivity index (χ1) is 13.7. The maximum atomic E-state index is 5.78. The van der Waals surface area contributed by atoms with Gasteiger partial charge < -0.3 is 29.4 Å². The number of guanidine groups is 1. The number of ether oxygens (including phenoxy) is 2. The molecule has 0 saturated heterocycles. The molecule has 3 rings (SSSR count). The molecule has 2 N–H and O–H groups in total. The topological polar surface area (TPSA) is 71.3 Å². The average Bonchev–Trinajstić information content (AvgIpc) is 3.11. The molecular formula is C21H31IN4O3. The fraction of sp³-hybridized carbons (Fsp3) is 0.476. The van der Waals surface area contributed by atoms with E-state index in [4.69, 9.17) is 18.9 Å². The molecule has 160 valence electrons. The Morgan fingerprint density at radius 1 is 1.17 bits per heavy atom. The summed E-state index contributed by atoms with van der Waals surface area (Å²) < 4.78 is 16.9. The Balaban J connectivity index is 0.00000300. The number of nitrogens with one attached hydrogen (secondary N) is 2. The second-order valence-corrected chi connectivity index (χ2v) is 6.72. The fourth-order valence-corrected chi connectivity index (χ4v) is 2.77. The number of benzene rings is 1. The van der Waals surface area contributed by atoms with Crippen LogP contribution in [0.2, 0.25) is 0 Å². The monoisotopic (exact) mass is 514 g/mol. The van der Waals surface area contributed by atoms with E-state index in [1.54, 1.807) is 6.26 Å². The lowest BCUT2D eigenvalue weighted by Crippen LogP contribution is -2.33. The van der Waals surface area contributed by atoms with Gasteiger partial charge in [0.1, 0.15) is 5.76 Å². The van der Waals surface area contributed by atoms with Crippen molar-refractivity contribution in [2.45, 2.75) is 19.8 Å². The van der Waals surface area contributed by atoms with Crippen molar-refractivity contribution in [3.63, 3.8) is 0 Å². The standard InChI is InChI=1S/C21H30N4O3.HI/c1-3-25(2)12-11-23-21(22-10-9-18-6-4-13-26-18)24-17-7-8-19-20(16-17)28-15-5-14-27-19;/h4,6-8,13,16H,3,5,9-12,14-15H2,1-2H3,(H2,22,23,24);1H. The van der Waals surface area contributed by atoms with E-state index < -0.39 is 0 Å². The molecule has 29 heavy (non-hydrogen) atoms. The predicted molar refractivity (Wildman–Crippen MR) is 127 cm³/mol. The van der Waals surface area contributed by atoms with E-state index in [2.05, 4.69) is 29.5 Å². The summed E-state index contributed by atoms with van der Waals surface area (Å²) >= 11 is 0. The van der Waals surface area contributed by atoms with Crippen LogP contribution in [0.25, 0.3) is 0 Å². The number of likely N-dealkylation sites (N-methyl/N-ethyl adjacent to an activating group) is 1. The molecule has 0 saturated carbocycles. The molecule has 0 aliphatic carbocycles. The van der Waals surface area contributed by atoms with Crippen LogP contribution < -0.4 is 20.1 Å². The largest absolute Gasteiger partial charge is 0.490 e. The van der Waals surface area contributed by atoms with Crippen molar-refractivity contribution >= 4 is 35.6 Å². The van der Waals surface area contributed by atoms with Gasteiger partial charge in [0.05, 0.1) is 26.0 Å². The number of hydrogen-bond donors (Lipinski definition) is 2. The third-order valence-electron chi connectivity index (χ3n) is 4.55. The van der Waals surface area contributed by atoms with E-state index in [1.165, 1.54) is 0 Å². The van der Waals surface area contributed by atoms with Crippen molar-refractivity contribution < 1.29 is 13.9 Å². The van der Waals surface area contributed by atoms with Crippen LogP contribution in [-0.2, 0) is 6.42 Å². The van der Waals surface area contributed by atoms with Gasteiger partial charge in [0.15, 0.2) is 17.5 Å². The van der Waals surface area contributed by atoms with Gasteiger partial charge in [-0.15, -0.1) is 24.0 Å². The Bertz CT molecular complexity index is 752. The SMILES string of the molecule is CCN(C)CCN=C(NCCc1ccco1)Nc1ccc2c(c1)OCCCO2.I. The van der Waals surface area contributed by atoms with Crippen molar-refractivity contribution in [3.05, 3.63) is 42.4 Å². The van der Waals surface area contributed by atoms with Crippen LogP contribution in [0.3, 0.4) is 0 Å². The third kappa shape index (κ3) is 7.77. The van der Waals surface area contributed by atoms with Gasteiger partial charge >= 0.3 is 0 Å². The van der Waals surface area contributed by atoms with E-state index in [0.717, 1.165) is 61.4 Å². The molecule has 1 aliphatic rings. The first-order valence-corrected chi connectivity index (χ1v) is 9.90. The van der Waals surface area contributed by atoms with Crippen molar-refractivity contribution in [1.82, 2.24) is 10.2 Å². The molecule has 1 aromatic carbocycles. The first-order valence-electron chi connectivity index (χ1n) is 9.90. The fourth-order valence-electron chi connectivity index (χ4n) is 2.77. The molecule has 2 aromatic rings. The highest BCUT2D eigenvalue weighted by molar-refractivity contribution is 14.0. The number of halogens is 1. The van der Waals surface area contributed by atoms with Crippen LogP contribution in [0.4, 0.5) is 5.69 Å². The van der Waals surface area contributed by atoms with Gasteiger partial charge in [-0.3, -0.25) is 4.99 Å². The summed E-state index contributed by atoms with van der Waals surface area (Å²) in [5.41, 5.74) is 0.914. The Morgan fingerprint density at radius 2 is 2.00 bits per heavy atom. The molecule has 0 amide bonds. The van der Waals surface area contributed by atoms with E-state index in [0.29, 0.717) is 19.8 Å². The lowest BCUT2D eigenvalue weighted by molar-refractivity contribution is 0.297. The number of furan rings is 1. The molecule has 7 nitrogen and oxygen atoms in total. The number of fused-ring (bicyclic) bond motifs is 1. The number of aliphatic imine (C=N–C) groups is 1. The van der Waals surface area contributed by atoms with Crippen LogP contribution in [0.1, 0.15) is 19.1 Å². The van der Waals surface area contributed by atoms with Gasteiger partial charge in [0, 0.05) is 37.7 Å². The Hall–Kier alpha value is -1.94. The highest BCUT2D eigenvalue weighted by Crippen LogP contribution is 2.32. The summed E-state index contributed by atoms with van der Waals surface area (Å²) in [7, 11) is 2.09. The molecule has 0 unspecified atom stereocenters. The molecule has 1 aliphatic heterocycles. The summed E-state index contributed by atoms with van der Waals surface area (Å²) in [5, 5.41) is 6.75. The lowest BCUT2D eigenvalue weighted by atomic mass is 10.2. The molecule has 0 spiro atoms. The van der Waals surface area contributed by atoms with Crippen LogP contribution >= 0.6 is 24.0 Å². The predicted octanol–water partition coefficient (Wildman–Crippen LogP) is 3.61. The van der Waals surface area contributed by atoms with E-state index in [1.807, 2.05) is 30.3 Å². The van der Waals surface area contributed by atoms with E-state index >= 15 is 0 Å². The minimum absolute atomic E-state index is 0. The van der Waals surface area contributed by atoms with Gasteiger partial charge in [-0.1, -0.05) is 6.92 Å². The minimum Gasteiger partial charge on any atom is -0.490 e. The van der Waals surface area contributed by atoms with E-state index in [9.17, 15) is 0 Å². The number of anilines is 1. The molecule has 0 atom stereocenters. The normalized spacial score (nSPS) is 13.6.